The number of hydrogen-bond acceptors (Lipinski definition) is 6. The summed E-state index contributed by atoms with van der Waals surface area (Å²) in [4.78, 5) is 12.8. The van der Waals surface area contributed by atoms with Gasteiger partial charge >= 0.3 is 5.97 Å². The molecule has 0 amide bonds. The fourth-order valence-corrected chi connectivity index (χ4v) is 8.73. The summed E-state index contributed by atoms with van der Waals surface area (Å²) in [6, 6.07) is 4.21. The summed E-state index contributed by atoms with van der Waals surface area (Å²) in [7, 11) is -3.84. The molecule has 1 N–H and O–H groups in total. The third-order valence-electron chi connectivity index (χ3n) is 7.84. The van der Waals surface area contributed by atoms with Gasteiger partial charge < -0.3 is 14.6 Å². The minimum atomic E-state index is -3.84. The van der Waals surface area contributed by atoms with Crippen LogP contribution in [0, 0.1) is 17.8 Å². The molecule has 5 rings (SSSR count). The van der Waals surface area contributed by atoms with E-state index >= 15 is 0 Å². The Labute approximate surface area is 185 Å². The lowest BCUT2D eigenvalue weighted by atomic mass is 9.75. The highest BCUT2D eigenvalue weighted by molar-refractivity contribution is 7.91. The molecule has 164 valence electrons. The van der Waals surface area contributed by atoms with Crippen molar-refractivity contribution in [3.63, 3.8) is 0 Å². The number of benzene rings is 1. The Morgan fingerprint density at radius 3 is 2.63 bits per heavy atom. The van der Waals surface area contributed by atoms with Crippen molar-refractivity contribution in [2.45, 2.75) is 67.3 Å². The fraction of sp³-hybridized carbons (Fsp3) is 0.667. The van der Waals surface area contributed by atoms with Crippen LogP contribution in [0.4, 0.5) is 0 Å². The molecule has 1 aromatic carbocycles. The van der Waals surface area contributed by atoms with Crippen LogP contribution in [-0.2, 0) is 24.1 Å². The van der Waals surface area contributed by atoms with Crippen LogP contribution in [0.25, 0.3) is 0 Å². The van der Waals surface area contributed by atoms with Gasteiger partial charge in [0.25, 0.3) is 0 Å². The van der Waals surface area contributed by atoms with Crippen molar-refractivity contribution < 1.29 is 27.8 Å². The average Bonchev–Trinajstić information content (AvgIpc) is 3.00. The average molecular weight is 475 g/mol. The van der Waals surface area contributed by atoms with Crippen molar-refractivity contribution >= 4 is 39.0 Å². The Morgan fingerprint density at radius 2 is 1.93 bits per heavy atom. The van der Waals surface area contributed by atoms with Crippen LogP contribution in [0.3, 0.4) is 0 Å². The summed E-state index contributed by atoms with van der Waals surface area (Å²) >= 11 is 12.0. The third kappa shape index (κ3) is 2.82. The minimum Gasteiger partial charge on any atom is -0.461 e. The smallest absolute Gasteiger partial charge is 0.310 e. The van der Waals surface area contributed by atoms with Gasteiger partial charge in [0.05, 0.1) is 38.7 Å². The summed E-state index contributed by atoms with van der Waals surface area (Å²) in [5, 5.41) is 11.5. The largest absolute Gasteiger partial charge is 0.461 e. The summed E-state index contributed by atoms with van der Waals surface area (Å²) in [6.07, 6.45) is 2.04. The Hall–Kier alpha value is -0.860. The topological polar surface area (TPSA) is 93.2 Å². The second kappa shape index (κ2) is 6.35. The van der Waals surface area contributed by atoms with Crippen LogP contribution in [0.5, 0.6) is 0 Å². The van der Waals surface area contributed by atoms with E-state index in [4.69, 9.17) is 32.7 Å². The van der Waals surface area contributed by atoms with Crippen molar-refractivity contribution in [1.82, 2.24) is 0 Å². The Morgan fingerprint density at radius 1 is 1.20 bits per heavy atom. The van der Waals surface area contributed by atoms with Gasteiger partial charge in [-0.05, 0) is 57.7 Å². The molecule has 9 heteroatoms. The highest BCUT2D eigenvalue weighted by Gasteiger charge is 2.80. The van der Waals surface area contributed by atoms with Gasteiger partial charge in [0.1, 0.15) is 11.7 Å². The molecule has 0 unspecified atom stereocenters. The monoisotopic (exact) mass is 474 g/mol. The van der Waals surface area contributed by atoms with E-state index in [1.165, 1.54) is 18.2 Å². The molecule has 2 saturated heterocycles. The number of halogens is 2. The molecule has 1 spiro atoms. The first-order valence-electron chi connectivity index (χ1n) is 10.2. The molecule has 30 heavy (non-hydrogen) atoms. The van der Waals surface area contributed by atoms with Crippen LogP contribution in [0.1, 0.15) is 39.5 Å². The van der Waals surface area contributed by atoms with Crippen LogP contribution in [0.2, 0.25) is 10.0 Å². The molecule has 6 nitrogen and oxygen atoms in total. The summed E-state index contributed by atoms with van der Waals surface area (Å²) < 4.78 is 38.2. The van der Waals surface area contributed by atoms with Gasteiger partial charge in [-0.3, -0.25) is 4.79 Å². The number of carbonyl (C=O) groups excluding carboxylic acids is 1. The van der Waals surface area contributed by atoms with E-state index in [9.17, 15) is 18.3 Å². The lowest BCUT2D eigenvalue weighted by Gasteiger charge is -2.34. The lowest BCUT2D eigenvalue weighted by molar-refractivity contribution is -0.150. The third-order valence-corrected chi connectivity index (χ3v) is 10.3. The molecular weight excluding hydrogens is 451 g/mol. The number of fused-ring (bicyclic) bond motifs is 2. The first kappa shape index (κ1) is 21.0. The van der Waals surface area contributed by atoms with Gasteiger partial charge in [-0.25, -0.2) is 8.42 Å². The number of rotatable bonds is 3. The number of sulfone groups is 1. The van der Waals surface area contributed by atoms with E-state index in [1.807, 2.05) is 6.92 Å². The van der Waals surface area contributed by atoms with Crippen LogP contribution in [-0.4, -0.2) is 48.2 Å². The van der Waals surface area contributed by atoms with Crippen molar-refractivity contribution in [1.29, 1.82) is 0 Å². The molecule has 0 aromatic heterocycles. The normalized spacial score (nSPS) is 44.6. The molecule has 0 bridgehead atoms. The summed E-state index contributed by atoms with van der Waals surface area (Å²) in [5.41, 5.74) is -1.89. The van der Waals surface area contributed by atoms with E-state index in [0.717, 1.165) is 0 Å². The van der Waals surface area contributed by atoms with E-state index in [2.05, 4.69) is 0 Å². The van der Waals surface area contributed by atoms with E-state index < -0.39 is 39.0 Å². The van der Waals surface area contributed by atoms with Gasteiger partial charge in [-0.15, -0.1) is 0 Å². The molecule has 7 atom stereocenters. The van der Waals surface area contributed by atoms with Gasteiger partial charge in [-0.2, -0.15) is 0 Å². The molecule has 2 heterocycles. The second-order valence-electron chi connectivity index (χ2n) is 9.62. The first-order chi connectivity index (χ1) is 13.9. The van der Waals surface area contributed by atoms with E-state index in [1.54, 1.807) is 6.92 Å². The van der Waals surface area contributed by atoms with Crippen LogP contribution in [0.15, 0.2) is 23.1 Å². The molecule has 4 fully saturated rings. The summed E-state index contributed by atoms with van der Waals surface area (Å²) in [5.74, 6) is -2.37. The predicted octanol–water partition coefficient (Wildman–Crippen LogP) is 3.41. The quantitative estimate of drug-likeness (QED) is 0.532. The molecule has 1 aromatic rings. The predicted molar refractivity (Wildman–Crippen MR) is 110 cm³/mol. The standard InChI is InChI=1S/C21H24Cl2O6S/c1-19(25)7-8-21-17(19)16-12(5-6-20(21,2)29-21)13(18(24)28-16)10-30(26,27)15-4-3-11(22)9-14(15)23/h3-4,9,12-13,16-17,25H,5-8,10H2,1-2H3/t12-,13-,16-,17-,19+,20-,21+/m0/s1. The molecule has 4 aliphatic rings. The zero-order valence-electron chi connectivity index (χ0n) is 16.7. The van der Waals surface area contributed by atoms with E-state index in [0.29, 0.717) is 30.7 Å². The van der Waals surface area contributed by atoms with Gasteiger partial charge in [0.15, 0.2) is 9.84 Å². The fourth-order valence-electron chi connectivity index (χ4n) is 6.30. The Kier molecular flexibility index (Phi) is 4.45. The minimum absolute atomic E-state index is 0.0334. The first-order valence-corrected chi connectivity index (χ1v) is 12.6. The molecule has 2 aliphatic heterocycles. The molecule has 0 radical (unpaired) electrons. The number of esters is 1. The number of ether oxygens (including phenoxy) is 2. The lowest BCUT2D eigenvalue weighted by Crippen LogP contribution is -2.47. The number of aliphatic hydroxyl groups is 1. The SMILES string of the molecule is C[C@@]1(O)CC[C@]23O[C@@]2(C)CC[C@@H]2[C@H](OC(=O)[C@H]2CS(=O)(=O)c2ccc(Cl)cc2Cl)[C@@H]13. The van der Waals surface area contributed by atoms with Crippen LogP contribution >= 0.6 is 23.2 Å². The molecule has 2 saturated carbocycles. The Bertz CT molecular complexity index is 1040. The summed E-state index contributed by atoms with van der Waals surface area (Å²) in [6.45, 7) is 3.81. The maximum absolute atomic E-state index is 13.1. The maximum atomic E-state index is 13.1. The van der Waals surface area contributed by atoms with Crippen molar-refractivity contribution in [3.8, 4) is 0 Å². The van der Waals surface area contributed by atoms with Crippen LogP contribution < -0.4 is 0 Å². The zero-order valence-corrected chi connectivity index (χ0v) is 19.1. The maximum Gasteiger partial charge on any atom is 0.310 e. The molecular formula is C21H24Cl2O6S. The van der Waals surface area contributed by atoms with Gasteiger partial charge in [0, 0.05) is 10.9 Å². The van der Waals surface area contributed by atoms with Gasteiger partial charge in [-0.1, -0.05) is 23.2 Å². The number of carbonyl (C=O) groups is 1. The second-order valence-corrected chi connectivity index (χ2v) is 12.5. The highest BCUT2D eigenvalue weighted by atomic mass is 35.5. The highest BCUT2D eigenvalue weighted by Crippen LogP contribution is 2.69. The molecule has 2 aliphatic carbocycles. The zero-order chi connectivity index (χ0) is 21.7. The van der Waals surface area contributed by atoms with Crippen molar-refractivity contribution in [2.24, 2.45) is 17.8 Å². The number of epoxide rings is 1. The van der Waals surface area contributed by atoms with Gasteiger partial charge in [0.2, 0.25) is 0 Å². The van der Waals surface area contributed by atoms with Crippen molar-refractivity contribution in [2.75, 3.05) is 5.75 Å². The van der Waals surface area contributed by atoms with E-state index in [-0.39, 0.29) is 33.1 Å². The Balaban J connectivity index is 1.48. The van der Waals surface area contributed by atoms with Crippen molar-refractivity contribution in [3.05, 3.63) is 28.2 Å². The number of hydrogen-bond donors (Lipinski definition) is 1.